The van der Waals surface area contributed by atoms with Crippen molar-refractivity contribution in [3.05, 3.63) is 35.4 Å². The molecule has 1 aromatic rings. The minimum Gasteiger partial charge on any atom is -0.330 e. The van der Waals surface area contributed by atoms with E-state index in [-0.39, 0.29) is 0 Å². The molecule has 96 valence electrons. The molecule has 1 rings (SSSR count). The molecule has 2 N–H and O–H groups in total. The first-order valence-corrected chi connectivity index (χ1v) is 6.61. The number of likely N-dealkylation sites (N-methyl/N-ethyl adjacent to an activating group) is 1. The van der Waals surface area contributed by atoms with Crippen molar-refractivity contribution in [2.24, 2.45) is 5.73 Å². The highest BCUT2D eigenvalue weighted by molar-refractivity contribution is 5.24. The Balaban J connectivity index is 2.36. The van der Waals surface area contributed by atoms with Crippen LogP contribution in [0.25, 0.3) is 0 Å². The topological polar surface area (TPSA) is 29.3 Å². The molecule has 0 amide bonds. The van der Waals surface area contributed by atoms with Crippen molar-refractivity contribution in [2.75, 3.05) is 26.7 Å². The lowest BCUT2D eigenvalue weighted by atomic mass is 10.0. The lowest BCUT2D eigenvalue weighted by Gasteiger charge is -2.16. The van der Waals surface area contributed by atoms with Crippen LogP contribution in [0.2, 0.25) is 0 Å². The van der Waals surface area contributed by atoms with Gasteiger partial charge in [-0.1, -0.05) is 38.1 Å². The van der Waals surface area contributed by atoms with Crippen LogP contribution < -0.4 is 5.73 Å². The van der Waals surface area contributed by atoms with Gasteiger partial charge in [-0.2, -0.15) is 0 Å². The molecule has 0 aliphatic heterocycles. The van der Waals surface area contributed by atoms with Crippen LogP contribution in [0.4, 0.5) is 0 Å². The summed E-state index contributed by atoms with van der Waals surface area (Å²) in [6.45, 7) is 7.46. The third kappa shape index (κ3) is 5.33. The summed E-state index contributed by atoms with van der Waals surface area (Å²) in [5.74, 6) is 0.622. The molecule has 0 atom stereocenters. The average Bonchev–Trinajstić information content (AvgIpc) is 2.34. The van der Waals surface area contributed by atoms with E-state index >= 15 is 0 Å². The van der Waals surface area contributed by atoms with E-state index in [4.69, 9.17) is 5.73 Å². The summed E-state index contributed by atoms with van der Waals surface area (Å²) in [4.78, 5) is 2.35. The van der Waals surface area contributed by atoms with E-state index in [9.17, 15) is 0 Å². The van der Waals surface area contributed by atoms with Gasteiger partial charge < -0.3 is 10.6 Å². The van der Waals surface area contributed by atoms with Gasteiger partial charge in [-0.3, -0.25) is 0 Å². The van der Waals surface area contributed by atoms with Crippen LogP contribution in [0.1, 0.15) is 37.3 Å². The van der Waals surface area contributed by atoms with Gasteiger partial charge in [0.05, 0.1) is 0 Å². The van der Waals surface area contributed by atoms with E-state index in [1.807, 2.05) is 0 Å². The van der Waals surface area contributed by atoms with Gasteiger partial charge >= 0.3 is 0 Å². The third-order valence-corrected chi connectivity index (χ3v) is 3.17. The first kappa shape index (κ1) is 14.2. The molecular weight excluding hydrogens is 208 g/mol. The molecule has 0 aliphatic carbocycles. The van der Waals surface area contributed by atoms with Crippen LogP contribution in [0, 0.1) is 0 Å². The molecule has 0 saturated carbocycles. The van der Waals surface area contributed by atoms with E-state index < -0.39 is 0 Å². The first-order chi connectivity index (χ1) is 8.13. The molecule has 1 aromatic carbocycles. The molecule has 0 saturated heterocycles. The lowest BCUT2D eigenvalue weighted by molar-refractivity contribution is 0.335. The Bertz CT molecular complexity index is 303. The molecule has 0 bridgehead atoms. The smallest absolute Gasteiger partial charge is 0.00188 e. The SMILES string of the molecule is CC(C)c1ccc(CCN(C)CCCN)cc1. The quantitative estimate of drug-likeness (QED) is 0.786. The summed E-state index contributed by atoms with van der Waals surface area (Å²) in [6, 6.07) is 9.01. The minimum absolute atomic E-state index is 0.622. The van der Waals surface area contributed by atoms with Crippen molar-refractivity contribution in [1.82, 2.24) is 4.90 Å². The van der Waals surface area contributed by atoms with Crippen LogP contribution in [-0.4, -0.2) is 31.6 Å². The van der Waals surface area contributed by atoms with Gasteiger partial charge in [-0.05, 0) is 50.0 Å². The van der Waals surface area contributed by atoms with Crippen molar-refractivity contribution in [3.63, 3.8) is 0 Å². The second kappa shape index (κ2) is 7.46. The Hall–Kier alpha value is -0.860. The highest BCUT2D eigenvalue weighted by Crippen LogP contribution is 2.14. The Morgan fingerprint density at radius 2 is 1.76 bits per heavy atom. The van der Waals surface area contributed by atoms with Crippen molar-refractivity contribution in [2.45, 2.75) is 32.6 Å². The predicted molar refractivity (Wildman–Crippen MR) is 75.4 cm³/mol. The largest absolute Gasteiger partial charge is 0.330 e. The van der Waals surface area contributed by atoms with Gasteiger partial charge in [-0.25, -0.2) is 0 Å². The molecule has 0 unspecified atom stereocenters. The van der Waals surface area contributed by atoms with Crippen molar-refractivity contribution in [1.29, 1.82) is 0 Å². The number of benzene rings is 1. The lowest BCUT2D eigenvalue weighted by Crippen LogP contribution is -2.24. The van der Waals surface area contributed by atoms with Gasteiger partial charge in [0.15, 0.2) is 0 Å². The zero-order valence-corrected chi connectivity index (χ0v) is 11.4. The maximum Gasteiger partial charge on any atom is 0.00188 e. The molecule has 0 radical (unpaired) electrons. The Morgan fingerprint density at radius 1 is 1.12 bits per heavy atom. The Labute approximate surface area is 106 Å². The van der Waals surface area contributed by atoms with Crippen molar-refractivity contribution < 1.29 is 0 Å². The summed E-state index contributed by atoms with van der Waals surface area (Å²) in [5.41, 5.74) is 8.35. The third-order valence-electron chi connectivity index (χ3n) is 3.17. The number of nitrogens with zero attached hydrogens (tertiary/aromatic N) is 1. The first-order valence-electron chi connectivity index (χ1n) is 6.61. The molecule has 17 heavy (non-hydrogen) atoms. The summed E-state index contributed by atoms with van der Waals surface area (Å²) in [7, 11) is 2.16. The van der Waals surface area contributed by atoms with E-state index in [0.29, 0.717) is 5.92 Å². The van der Waals surface area contributed by atoms with Crippen LogP contribution >= 0.6 is 0 Å². The average molecular weight is 234 g/mol. The molecular formula is C15H26N2. The summed E-state index contributed by atoms with van der Waals surface area (Å²) in [5, 5.41) is 0. The maximum absolute atomic E-state index is 5.50. The van der Waals surface area contributed by atoms with Gasteiger partial charge in [-0.15, -0.1) is 0 Å². The molecule has 0 heterocycles. The summed E-state index contributed by atoms with van der Waals surface area (Å²) < 4.78 is 0. The van der Waals surface area contributed by atoms with Crippen LogP contribution in [0.5, 0.6) is 0 Å². The monoisotopic (exact) mass is 234 g/mol. The van der Waals surface area contributed by atoms with Gasteiger partial charge in [0, 0.05) is 6.54 Å². The fourth-order valence-corrected chi connectivity index (χ4v) is 1.86. The maximum atomic E-state index is 5.50. The van der Waals surface area contributed by atoms with Crippen molar-refractivity contribution >= 4 is 0 Å². The van der Waals surface area contributed by atoms with E-state index in [1.54, 1.807) is 0 Å². The van der Waals surface area contributed by atoms with Crippen LogP contribution in [0.15, 0.2) is 24.3 Å². The highest BCUT2D eigenvalue weighted by Gasteiger charge is 2.01. The molecule has 0 spiro atoms. The van der Waals surface area contributed by atoms with Gasteiger partial charge in [0.25, 0.3) is 0 Å². The Morgan fingerprint density at radius 3 is 2.29 bits per heavy atom. The number of hydrogen-bond acceptors (Lipinski definition) is 2. The normalized spacial score (nSPS) is 11.4. The van der Waals surface area contributed by atoms with E-state index in [2.05, 4.69) is 50.1 Å². The zero-order valence-electron chi connectivity index (χ0n) is 11.4. The second-order valence-electron chi connectivity index (χ2n) is 5.09. The van der Waals surface area contributed by atoms with Crippen LogP contribution in [-0.2, 0) is 6.42 Å². The zero-order chi connectivity index (χ0) is 12.7. The van der Waals surface area contributed by atoms with E-state index in [1.165, 1.54) is 11.1 Å². The number of nitrogens with two attached hydrogens (primary N) is 1. The standard InChI is InChI=1S/C15H26N2/c1-13(2)15-7-5-14(6-8-15)9-12-17(3)11-4-10-16/h5-8,13H,4,9-12,16H2,1-3H3. The summed E-state index contributed by atoms with van der Waals surface area (Å²) in [6.07, 6.45) is 2.21. The Kier molecular flexibility index (Phi) is 6.23. The molecule has 0 fully saturated rings. The molecule has 2 heteroatoms. The number of hydrogen-bond donors (Lipinski definition) is 1. The molecule has 0 aliphatic rings. The highest BCUT2D eigenvalue weighted by atomic mass is 15.1. The van der Waals surface area contributed by atoms with Crippen LogP contribution in [0.3, 0.4) is 0 Å². The van der Waals surface area contributed by atoms with Crippen molar-refractivity contribution in [3.8, 4) is 0 Å². The molecule has 2 nitrogen and oxygen atoms in total. The second-order valence-corrected chi connectivity index (χ2v) is 5.09. The summed E-state index contributed by atoms with van der Waals surface area (Å²) >= 11 is 0. The fourth-order valence-electron chi connectivity index (χ4n) is 1.86. The van der Waals surface area contributed by atoms with Gasteiger partial charge in [0.1, 0.15) is 0 Å². The van der Waals surface area contributed by atoms with Gasteiger partial charge in [0.2, 0.25) is 0 Å². The number of rotatable bonds is 7. The minimum atomic E-state index is 0.622. The molecule has 0 aromatic heterocycles. The predicted octanol–water partition coefficient (Wildman–Crippen LogP) is 2.63. The van der Waals surface area contributed by atoms with E-state index in [0.717, 1.165) is 32.5 Å². The fraction of sp³-hybridized carbons (Fsp3) is 0.600.